The van der Waals surface area contributed by atoms with Crippen LogP contribution in [-0.2, 0) is 6.54 Å². The molecule has 160 valence electrons. The Bertz CT molecular complexity index is 847. The third-order valence-electron chi connectivity index (χ3n) is 5.56. The van der Waals surface area contributed by atoms with Crippen LogP contribution in [-0.4, -0.2) is 61.4 Å². The van der Waals surface area contributed by atoms with Crippen molar-refractivity contribution in [1.29, 1.82) is 0 Å². The first kappa shape index (κ1) is 21.8. The van der Waals surface area contributed by atoms with Gasteiger partial charge in [0.05, 0.1) is 13.7 Å². The molecule has 0 radical (unpaired) electrons. The molecule has 0 unspecified atom stereocenters. The number of ketones is 1. The lowest BCUT2D eigenvalue weighted by Crippen LogP contribution is -2.49. The summed E-state index contributed by atoms with van der Waals surface area (Å²) in [5, 5.41) is 2.95. The number of hydrogen-bond donors (Lipinski definition) is 1. The zero-order chi connectivity index (χ0) is 21.5. The van der Waals surface area contributed by atoms with Crippen molar-refractivity contribution in [2.75, 3.05) is 33.8 Å². The summed E-state index contributed by atoms with van der Waals surface area (Å²) in [7, 11) is 3.43. The summed E-state index contributed by atoms with van der Waals surface area (Å²) in [5.41, 5.74) is 1.53. The van der Waals surface area contributed by atoms with Crippen molar-refractivity contribution in [2.24, 2.45) is 0 Å². The van der Waals surface area contributed by atoms with E-state index >= 15 is 0 Å². The van der Waals surface area contributed by atoms with Crippen molar-refractivity contribution in [2.45, 2.75) is 25.4 Å². The number of likely N-dealkylation sites (tertiary alicyclic amines) is 1. The molecule has 0 atom stereocenters. The summed E-state index contributed by atoms with van der Waals surface area (Å²) in [4.78, 5) is 28.7. The van der Waals surface area contributed by atoms with E-state index in [0.717, 1.165) is 37.2 Å². The maximum absolute atomic E-state index is 13.0. The second-order valence-electron chi connectivity index (χ2n) is 7.56. The van der Waals surface area contributed by atoms with Crippen LogP contribution in [0.4, 0.5) is 9.18 Å². The van der Waals surface area contributed by atoms with Crippen molar-refractivity contribution in [3.8, 4) is 5.75 Å². The van der Waals surface area contributed by atoms with E-state index < -0.39 is 0 Å². The van der Waals surface area contributed by atoms with Crippen molar-refractivity contribution in [3.63, 3.8) is 0 Å². The lowest BCUT2D eigenvalue weighted by Gasteiger charge is -2.36. The normalized spacial score (nSPS) is 14.9. The highest BCUT2D eigenvalue weighted by Gasteiger charge is 2.26. The molecule has 2 aromatic rings. The van der Waals surface area contributed by atoms with E-state index in [4.69, 9.17) is 4.74 Å². The number of benzene rings is 2. The van der Waals surface area contributed by atoms with E-state index in [1.165, 1.54) is 24.3 Å². The van der Waals surface area contributed by atoms with Gasteiger partial charge in [-0.15, -0.1) is 0 Å². The lowest BCUT2D eigenvalue weighted by molar-refractivity contribution is 0.0871. The Balaban J connectivity index is 1.42. The Morgan fingerprint density at radius 2 is 1.73 bits per heavy atom. The van der Waals surface area contributed by atoms with Crippen LogP contribution >= 0.6 is 0 Å². The molecule has 6 nitrogen and oxygen atoms in total. The maximum atomic E-state index is 13.0. The predicted molar refractivity (Wildman–Crippen MR) is 113 cm³/mol. The van der Waals surface area contributed by atoms with Crippen molar-refractivity contribution in [3.05, 3.63) is 65.5 Å². The highest BCUT2D eigenvalue weighted by Crippen LogP contribution is 2.17. The van der Waals surface area contributed by atoms with Crippen molar-refractivity contribution in [1.82, 2.24) is 15.1 Å². The van der Waals surface area contributed by atoms with Crippen LogP contribution in [0.25, 0.3) is 0 Å². The summed E-state index contributed by atoms with van der Waals surface area (Å²) in [5.74, 6) is 0.423. The molecule has 1 fully saturated rings. The number of ether oxygens (including phenoxy) is 1. The van der Waals surface area contributed by atoms with Gasteiger partial charge < -0.3 is 15.0 Å². The number of nitrogens with one attached hydrogen (secondary N) is 1. The smallest absolute Gasteiger partial charge is 0.317 e. The molecule has 1 saturated heterocycles. The average molecular weight is 413 g/mol. The van der Waals surface area contributed by atoms with Gasteiger partial charge in [-0.2, -0.15) is 0 Å². The first-order valence-electron chi connectivity index (χ1n) is 10.1. The van der Waals surface area contributed by atoms with Gasteiger partial charge in [0.1, 0.15) is 11.6 Å². The monoisotopic (exact) mass is 413 g/mol. The van der Waals surface area contributed by atoms with E-state index in [9.17, 15) is 14.0 Å². The molecule has 3 rings (SSSR count). The number of Topliss-reactive ketones (excluding diaryl/α,β-unsaturated/α-hetero) is 1. The highest BCUT2D eigenvalue weighted by atomic mass is 19.1. The molecule has 0 bridgehead atoms. The molecule has 1 heterocycles. The average Bonchev–Trinajstić information content (AvgIpc) is 2.78. The third kappa shape index (κ3) is 5.79. The quantitative estimate of drug-likeness (QED) is 0.708. The van der Waals surface area contributed by atoms with E-state index in [1.807, 2.05) is 31.3 Å². The van der Waals surface area contributed by atoms with Crippen LogP contribution in [0.3, 0.4) is 0 Å². The fraction of sp³-hybridized carbons (Fsp3) is 0.391. The van der Waals surface area contributed by atoms with Gasteiger partial charge in [0.15, 0.2) is 5.78 Å². The summed E-state index contributed by atoms with van der Waals surface area (Å²) in [6.45, 7) is 2.26. The van der Waals surface area contributed by atoms with Gasteiger partial charge in [0.2, 0.25) is 0 Å². The van der Waals surface area contributed by atoms with E-state index in [1.54, 1.807) is 12.0 Å². The lowest BCUT2D eigenvalue weighted by atomic mass is 10.0. The molecule has 1 N–H and O–H groups in total. The van der Waals surface area contributed by atoms with Gasteiger partial charge in [-0.05, 0) is 54.8 Å². The van der Waals surface area contributed by atoms with E-state index in [2.05, 4.69) is 10.2 Å². The predicted octanol–water partition coefficient (Wildman–Crippen LogP) is 3.32. The second-order valence-corrected chi connectivity index (χ2v) is 7.56. The fourth-order valence-electron chi connectivity index (χ4n) is 3.61. The van der Waals surface area contributed by atoms with Crippen LogP contribution in [0.5, 0.6) is 5.75 Å². The number of urea groups is 1. The van der Waals surface area contributed by atoms with Crippen LogP contribution in [0, 0.1) is 5.82 Å². The first-order valence-corrected chi connectivity index (χ1v) is 10.1. The third-order valence-corrected chi connectivity index (χ3v) is 5.56. The first-order chi connectivity index (χ1) is 14.5. The molecule has 2 aromatic carbocycles. The summed E-state index contributed by atoms with van der Waals surface area (Å²) >= 11 is 0. The summed E-state index contributed by atoms with van der Waals surface area (Å²) in [6.07, 6.45) is 1.62. The number of rotatable bonds is 7. The second kappa shape index (κ2) is 10.2. The largest absolute Gasteiger partial charge is 0.497 e. The van der Waals surface area contributed by atoms with Gasteiger partial charge >= 0.3 is 6.03 Å². The Labute approximate surface area is 176 Å². The fourth-order valence-corrected chi connectivity index (χ4v) is 3.61. The minimum absolute atomic E-state index is 0.0148. The molecule has 0 aromatic heterocycles. The van der Waals surface area contributed by atoms with Crippen molar-refractivity contribution >= 4 is 11.8 Å². The minimum Gasteiger partial charge on any atom is -0.497 e. The molecule has 7 heteroatoms. The summed E-state index contributed by atoms with van der Waals surface area (Å²) < 4.78 is 18.1. The molecule has 1 aliphatic heterocycles. The standard InChI is InChI=1S/C23H28FN3O3/c1-26(23(29)25-15-17-3-9-21(30-2)10-4-17)20-11-13-27(14-12-20)16-22(28)18-5-7-19(24)8-6-18/h3-10,20H,11-16H2,1-2H3,(H,25,29). The number of carbonyl (C=O) groups is 2. The van der Waals surface area contributed by atoms with Crippen LogP contribution in [0.1, 0.15) is 28.8 Å². The van der Waals surface area contributed by atoms with E-state index in [-0.39, 0.29) is 23.7 Å². The number of halogens is 1. The molecule has 0 spiro atoms. The number of piperidine rings is 1. The van der Waals surface area contributed by atoms with E-state index in [0.29, 0.717) is 18.7 Å². The molecule has 0 aliphatic carbocycles. The molecule has 0 saturated carbocycles. The Kier molecular flexibility index (Phi) is 7.41. The van der Waals surface area contributed by atoms with Crippen LogP contribution in [0.15, 0.2) is 48.5 Å². The summed E-state index contributed by atoms with van der Waals surface area (Å²) in [6, 6.07) is 13.3. The van der Waals surface area contributed by atoms with Gasteiger partial charge in [-0.1, -0.05) is 12.1 Å². The van der Waals surface area contributed by atoms with Gasteiger partial charge in [-0.25, -0.2) is 9.18 Å². The topological polar surface area (TPSA) is 61.9 Å². The number of methoxy groups -OCH3 is 1. The van der Waals surface area contributed by atoms with Gasteiger partial charge in [0, 0.05) is 38.3 Å². The van der Waals surface area contributed by atoms with Crippen LogP contribution in [0.2, 0.25) is 0 Å². The van der Waals surface area contributed by atoms with Gasteiger partial charge in [-0.3, -0.25) is 9.69 Å². The SMILES string of the molecule is COc1ccc(CNC(=O)N(C)C2CCN(CC(=O)c3ccc(F)cc3)CC2)cc1. The Morgan fingerprint density at radius 3 is 2.33 bits per heavy atom. The number of amides is 2. The van der Waals surface area contributed by atoms with Crippen molar-refractivity contribution < 1.29 is 18.7 Å². The van der Waals surface area contributed by atoms with Gasteiger partial charge in [0.25, 0.3) is 0 Å². The molecule has 2 amide bonds. The Morgan fingerprint density at radius 1 is 1.10 bits per heavy atom. The molecular weight excluding hydrogens is 385 g/mol. The zero-order valence-corrected chi connectivity index (χ0v) is 17.4. The molecule has 30 heavy (non-hydrogen) atoms. The van der Waals surface area contributed by atoms with Crippen LogP contribution < -0.4 is 10.1 Å². The maximum Gasteiger partial charge on any atom is 0.317 e. The zero-order valence-electron chi connectivity index (χ0n) is 17.4. The highest BCUT2D eigenvalue weighted by molar-refractivity contribution is 5.97. The Hall–Kier alpha value is -2.93. The minimum atomic E-state index is -0.347. The molecule has 1 aliphatic rings. The molecular formula is C23H28FN3O3. The number of carbonyl (C=O) groups excluding carboxylic acids is 2. The number of hydrogen-bond acceptors (Lipinski definition) is 4. The number of nitrogens with zero attached hydrogens (tertiary/aromatic N) is 2.